The van der Waals surface area contributed by atoms with Crippen LogP contribution in [-0.2, 0) is 24.2 Å². The summed E-state index contributed by atoms with van der Waals surface area (Å²) < 4.78 is 20.6. The monoisotopic (exact) mass is 416 g/mol. The molecule has 0 atom stereocenters. The van der Waals surface area contributed by atoms with Gasteiger partial charge in [-0.25, -0.2) is 4.39 Å². The van der Waals surface area contributed by atoms with Crippen LogP contribution in [0, 0.1) is 5.82 Å². The highest BCUT2D eigenvalue weighted by atomic mass is 19.1. The Balaban J connectivity index is 1.42. The number of nitrogens with one attached hydrogen (secondary N) is 1. The lowest BCUT2D eigenvalue weighted by Gasteiger charge is -2.07. The number of nitrogens with zero attached hydrogens (tertiary/aromatic N) is 1. The molecule has 31 heavy (non-hydrogen) atoms. The summed E-state index contributed by atoms with van der Waals surface area (Å²) in [6.45, 7) is 1.19. The smallest absolute Gasteiger partial charge is 0.224 e. The average Bonchev–Trinajstić information content (AvgIpc) is 3.12. The van der Waals surface area contributed by atoms with Gasteiger partial charge in [0, 0.05) is 30.2 Å². The molecule has 0 saturated carbocycles. The molecule has 0 fully saturated rings. The Hall–Kier alpha value is -3.60. The molecule has 4 rings (SSSR count). The molecule has 1 amide bonds. The third-order valence-corrected chi connectivity index (χ3v) is 5.36. The summed E-state index contributed by atoms with van der Waals surface area (Å²) in [5, 5.41) is 4.08. The van der Waals surface area contributed by atoms with Crippen molar-refractivity contribution >= 4 is 16.8 Å². The lowest BCUT2D eigenvalue weighted by atomic mass is 10.1. The number of ether oxygens (including phenoxy) is 1. The topological polar surface area (TPSA) is 43.3 Å². The van der Waals surface area contributed by atoms with Gasteiger partial charge in [-0.3, -0.25) is 4.79 Å². The maximum Gasteiger partial charge on any atom is 0.224 e. The van der Waals surface area contributed by atoms with Crippen LogP contribution in [0.3, 0.4) is 0 Å². The fraction of sp³-hybridized carbons (Fsp3) is 0.192. The molecule has 0 radical (unpaired) electrons. The molecule has 1 heterocycles. The van der Waals surface area contributed by atoms with Gasteiger partial charge in [0.1, 0.15) is 11.6 Å². The third-order valence-electron chi connectivity index (χ3n) is 5.36. The predicted molar refractivity (Wildman–Crippen MR) is 121 cm³/mol. The van der Waals surface area contributed by atoms with E-state index < -0.39 is 0 Å². The van der Waals surface area contributed by atoms with E-state index in [1.54, 1.807) is 19.2 Å². The van der Waals surface area contributed by atoms with Crippen molar-refractivity contribution < 1.29 is 13.9 Å². The molecule has 0 bridgehead atoms. The van der Waals surface area contributed by atoms with Gasteiger partial charge < -0.3 is 14.6 Å². The Labute approximate surface area is 181 Å². The average molecular weight is 416 g/mol. The zero-order chi connectivity index (χ0) is 21.6. The number of rotatable bonds is 8. The van der Waals surface area contributed by atoms with Crippen molar-refractivity contribution in [3.05, 3.63) is 102 Å². The van der Waals surface area contributed by atoms with Crippen molar-refractivity contribution in [2.24, 2.45) is 0 Å². The van der Waals surface area contributed by atoms with E-state index in [1.165, 1.54) is 12.1 Å². The number of methoxy groups -OCH3 is 1. The van der Waals surface area contributed by atoms with E-state index in [-0.39, 0.29) is 11.7 Å². The van der Waals surface area contributed by atoms with Crippen molar-refractivity contribution in [2.45, 2.75) is 19.4 Å². The predicted octanol–water partition coefficient (Wildman–Crippen LogP) is 4.74. The Kier molecular flexibility index (Phi) is 6.32. The number of carbonyl (C=O) groups is 1. The third kappa shape index (κ3) is 5.12. The number of aromatic nitrogens is 1. The second-order valence-corrected chi connectivity index (χ2v) is 7.55. The first-order valence-electron chi connectivity index (χ1n) is 10.3. The zero-order valence-corrected chi connectivity index (χ0v) is 17.5. The highest BCUT2D eigenvalue weighted by molar-refractivity contribution is 5.89. The van der Waals surface area contributed by atoms with E-state index in [0.717, 1.165) is 39.8 Å². The molecule has 1 N–H and O–H groups in total. The summed E-state index contributed by atoms with van der Waals surface area (Å²) >= 11 is 0. The van der Waals surface area contributed by atoms with Gasteiger partial charge in [-0.15, -0.1) is 0 Å². The lowest BCUT2D eigenvalue weighted by molar-refractivity contribution is -0.120. The Morgan fingerprint density at radius 1 is 1.00 bits per heavy atom. The van der Waals surface area contributed by atoms with Crippen molar-refractivity contribution in [3.8, 4) is 5.75 Å². The molecular formula is C26H25FN2O2. The minimum atomic E-state index is -0.243. The second-order valence-electron chi connectivity index (χ2n) is 7.55. The van der Waals surface area contributed by atoms with Crippen LogP contribution in [0.2, 0.25) is 0 Å². The number of benzene rings is 3. The Morgan fingerprint density at radius 2 is 1.81 bits per heavy atom. The van der Waals surface area contributed by atoms with Crippen LogP contribution >= 0.6 is 0 Å². The van der Waals surface area contributed by atoms with Gasteiger partial charge in [-0.2, -0.15) is 0 Å². The summed E-state index contributed by atoms with van der Waals surface area (Å²) in [5.41, 5.74) is 4.18. The van der Waals surface area contributed by atoms with Crippen molar-refractivity contribution in [2.75, 3.05) is 13.7 Å². The number of halogens is 1. The molecule has 5 heteroatoms. The molecule has 0 unspecified atom stereocenters. The first-order valence-corrected chi connectivity index (χ1v) is 10.3. The SMILES string of the molecule is COc1cccc(CCNC(=O)Cc2cn(Cc3ccc(F)cc3)c3ccccc23)c1. The van der Waals surface area contributed by atoms with Crippen molar-refractivity contribution in [1.82, 2.24) is 9.88 Å². The van der Waals surface area contributed by atoms with Crippen LogP contribution in [-0.4, -0.2) is 24.1 Å². The molecule has 0 aliphatic carbocycles. The van der Waals surface area contributed by atoms with Crippen LogP contribution in [0.4, 0.5) is 4.39 Å². The number of fused-ring (bicyclic) bond motifs is 1. The Morgan fingerprint density at radius 3 is 2.61 bits per heavy atom. The van der Waals surface area contributed by atoms with Crippen LogP contribution in [0.25, 0.3) is 10.9 Å². The van der Waals surface area contributed by atoms with E-state index in [2.05, 4.69) is 9.88 Å². The van der Waals surface area contributed by atoms with E-state index in [1.807, 2.05) is 54.7 Å². The summed E-state index contributed by atoms with van der Waals surface area (Å²) in [6.07, 6.45) is 3.08. The van der Waals surface area contributed by atoms with Gasteiger partial charge in [0.05, 0.1) is 13.5 Å². The first-order chi connectivity index (χ1) is 15.1. The zero-order valence-electron chi connectivity index (χ0n) is 17.5. The van der Waals surface area contributed by atoms with Crippen LogP contribution < -0.4 is 10.1 Å². The van der Waals surface area contributed by atoms with E-state index in [4.69, 9.17) is 4.74 Å². The molecule has 0 spiro atoms. The van der Waals surface area contributed by atoms with Crippen molar-refractivity contribution in [3.63, 3.8) is 0 Å². The van der Waals surface area contributed by atoms with Crippen LogP contribution in [0.1, 0.15) is 16.7 Å². The number of para-hydroxylation sites is 1. The van der Waals surface area contributed by atoms with Crippen LogP contribution in [0.15, 0.2) is 79.0 Å². The maximum atomic E-state index is 13.2. The van der Waals surface area contributed by atoms with E-state index in [0.29, 0.717) is 19.5 Å². The molecule has 0 aliphatic rings. The lowest BCUT2D eigenvalue weighted by Crippen LogP contribution is -2.27. The molecule has 0 aliphatic heterocycles. The summed E-state index contributed by atoms with van der Waals surface area (Å²) in [5.74, 6) is 0.567. The highest BCUT2D eigenvalue weighted by Crippen LogP contribution is 2.23. The normalized spacial score (nSPS) is 10.9. The molecule has 4 nitrogen and oxygen atoms in total. The van der Waals surface area contributed by atoms with Gasteiger partial charge in [-0.1, -0.05) is 42.5 Å². The number of amides is 1. The molecule has 1 aromatic heterocycles. The highest BCUT2D eigenvalue weighted by Gasteiger charge is 2.12. The largest absolute Gasteiger partial charge is 0.497 e. The quantitative estimate of drug-likeness (QED) is 0.451. The van der Waals surface area contributed by atoms with E-state index >= 15 is 0 Å². The van der Waals surface area contributed by atoms with Gasteiger partial charge in [-0.05, 0) is 53.4 Å². The van der Waals surface area contributed by atoms with Gasteiger partial charge >= 0.3 is 0 Å². The summed E-state index contributed by atoms with van der Waals surface area (Å²) in [6, 6.07) is 22.4. The fourth-order valence-electron chi connectivity index (χ4n) is 3.79. The second kappa shape index (κ2) is 9.47. The number of hydrogen-bond donors (Lipinski definition) is 1. The van der Waals surface area contributed by atoms with E-state index in [9.17, 15) is 9.18 Å². The first kappa shape index (κ1) is 20.7. The molecule has 158 valence electrons. The summed E-state index contributed by atoms with van der Waals surface area (Å²) in [7, 11) is 1.65. The maximum absolute atomic E-state index is 13.2. The van der Waals surface area contributed by atoms with Crippen molar-refractivity contribution in [1.29, 1.82) is 0 Å². The minimum absolute atomic E-state index is 0.00687. The van der Waals surface area contributed by atoms with Gasteiger partial charge in [0.25, 0.3) is 0 Å². The standard InChI is InChI=1S/C26H25FN2O2/c1-31-23-6-4-5-19(15-23)13-14-28-26(30)16-21-18-29(25-8-3-2-7-24(21)25)17-20-9-11-22(27)12-10-20/h2-12,15,18H,13-14,16-17H2,1H3,(H,28,30). The molecular weight excluding hydrogens is 391 g/mol. The Bertz CT molecular complexity index is 1180. The molecule has 3 aromatic carbocycles. The number of hydrogen-bond acceptors (Lipinski definition) is 2. The minimum Gasteiger partial charge on any atom is -0.497 e. The molecule has 4 aromatic rings. The van der Waals surface area contributed by atoms with Crippen LogP contribution in [0.5, 0.6) is 5.75 Å². The summed E-state index contributed by atoms with van der Waals surface area (Å²) in [4.78, 5) is 12.6. The number of carbonyl (C=O) groups excluding carboxylic acids is 1. The van der Waals surface area contributed by atoms with Gasteiger partial charge in [0.2, 0.25) is 5.91 Å². The molecule has 0 saturated heterocycles. The fourth-order valence-corrected chi connectivity index (χ4v) is 3.79. The van der Waals surface area contributed by atoms with Gasteiger partial charge in [0.15, 0.2) is 0 Å².